The Morgan fingerprint density at radius 2 is 1.96 bits per heavy atom. The van der Waals surface area contributed by atoms with Crippen LogP contribution in [0.25, 0.3) is 0 Å². The van der Waals surface area contributed by atoms with E-state index in [0.29, 0.717) is 30.1 Å². The smallest absolute Gasteiger partial charge is 0.247 e. The zero-order valence-corrected chi connectivity index (χ0v) is 14.2. The summed E-state index contributed by atoms with van der Waals surface area (Å²) < 4.78 is 0. The van der Waals surface area contributed by atoms with Crippen molar-refractivity contribution >= 4 is 29.1 Å². The summed E-state index contributed by atoms with van der Waals surface area (Å²) in [7, 11) is 0. The SMILES string of the molecule is Cc1c(Cl)cccc1NC(=O)C1CCC(=O)N1Cc1ccccc1. The summed E-state index contributed by atoms with van der Waals surface area (Å²) >= 11 is 6.10. The molecule has 2 aromatic rings. The predicted octanol–water partition coefficient (Wildman–Crippen LogP) is 3.78. The molecule has 1 saturated heterocycles. The van der Waals surface area contributed by atoms with Crippen LogP contribution >= 0.6 is 11.6 Å². The monoisotopic (exact) mass is 342 g/mol. The molecule has 0 aliphatic carbocycles. The van der Waals surface area contributed by atoms with Gasteiger partial charge in [0.05, 0.1) is 0 Å². The third-order valence-electron chi connectivity index (χ3n) is 4.35. The number of likely N-dealkylation sites (tertiary alicyclic amines) is 1. The van der Waals surface area contributed by atoms with Crippen LogP contribution in [0.3, 0.4) is 0 Å². The van der Waals surface area contributed by atoms with Gasteiger partial charge in [0.25, 0.3) is 0 Å². The summed E-state index contributed by atoms with van der Waals surface area (Å²) in [5, 5.41) is 3.52. The maximum atomic E-state index is 12.7. The minimum Gasteiger partial charge on any atom is -0.326 e. The van der Waals surface area contributed by atoms with Crippen molar-refractivity contribution in [1.82, 2.24) is 4.90 Å². The fourth-order valence-corrected chi connectivity index (χ4v) is 3.12. The Hall–Kier alpha value is -2.33. The lowest BCUT2D eigenvalue weighted by Gasteiger charge is -2.24. The van der Waals surface area contributed by atoms with Crippen LogP contribution in [-0.4, -0.2) is 22.8 Å². The Bertz CT molecular complexity index is 761. The van der Waals surface area contributed by atoms with Crippen LogP contribution < -0.4 is 5.32 Å². The molecule has 1 unspecified atom stereocenters. The van der Waals surface area contributed by atoms with Crippen LogP contribution in [0.4, 0.5) is 5.69 Å². The summed E-state index contributed by atoms with van der Waals surface area (Å²) in [5.41, 5.74) is 2.53. The largest absolute Gasteiger partial charge is 0.326 e. The van der Waals surface area contributed by atoms with E-state index in [-0.39, 0.29) is 11.8 Å². The molecule has 4 nitrogen and oxygen atoms in total. The molecule has 1 aliphatic heterocycles. The highest BCUT2D eigenvalue weighted by Gasteiger charge is 2.36. The van der Waals surface area contributed by atoms with Gasteiger partial charge in [-0.05, 0) is 36.6 Å². The quantitative estimate of drug-likeness (QED) is 0.919. The average Bonchev–Trinajstić information content (AvgIpc) is 2.94. The van der Waals surface area contributed by atoms with Crippen molar-refractivity contribution in [3.8, 4) is 0 Å². The molecule has 1 heterocycles. The molecule has 1 N–H and O–H groups in total. The predicted molar refractivity (Wildman–Crippen MR) is 94.8 cm³/mol. The standard InChI is InChI=1S/C19H19ClN2O2/c1-13-15(20)8-5-9-16(13)21-19(24)17-10-11-18(23)22(17)12-14-6-3-2-4-7-14/h2-9,17H,10-12H2,1H3,(H,21,24). The van der Waals surface area contributed by atoms with E-state index in [2.05, 4.69) is 5.32 Å². The van der Waals surface area contributed by atoms with Crippen LogP contribution in [0, 0.1) is 6.92 Å². The molecule has 3 rings (SSSR count). The first kappa shape index (κ1) is 16.5. The maximum Gasteiger partial charge on any atom is 0.247 e. The summed E-state index contributed by atoms with van der Waals surface area (Å²) in [5.74, 6) is -0.149. The topological polar surface area (TPSA) is 49.4 Å². The Morgan fingerprint density at radius 3 is 2.71 bits per heavy atom. The lowest BCUT2D eigenvalue weighted by atomic mass is 10.1. The highest BCUT2D eigenvalue weighted by molar-refractivity contribution is 6.31. The van der Waals surface area contributed by atoms with Crippen molar-refractivity contribution in [3.05, 3.63) is 64.7 Å². The summed E-state index contributed by atoms with van der Waals surface area (Å²) in [6.45, 7) is 2.31. The molecule has 1 fully saturated rings. The summed E-state index contributed by atoms with van der Waals surface area (Å²) in [6, 6.07) is 14.7. The van der Waals surface area contributed by atoms with Gasteiger partial charge in [0.1, 0.15) is 6.04 Å². The lowest BCUT2D eigenvalue weighted by Crippen LogP contribution is -2.41. The number of amides is 2. The van der Waals surface area contributed by atoms with Gasteiger partial charge in [-0.3, -0.25) is 9.59 Å². The molecule has 1 atom stereocenters. The minimum atomic E-state index is -0.448. The Labute approximate surface area is 146 Å². The van der Waals surface area contributed by atoms with Gasteiger partial charge in [-0.1, -0.05) is 48.0 Å². The van der Waals surface area contributed by atoms with E-state index in [0.717, 1.165) is 11.1 Å². The third kappa shape index (κ3) is 3.44. The second-order valence-corrected chi connectivity index (χ2v) is 6.37. The molecular formula is C19H19ClN2O2. The van der Waals surface area contributed by atoms with Crippen LogP contribution in [0.5, 0.6) is 0 Å². The van der Waals surface area contributed by atoms with E-state index in [1.165, 1.54) is 0 Å². The van der Waals surface area contributed by atoms with E-state index in [4.69, 9.17) is 11.6 Å². The molecule has 0 radical (unpaired) electrons. The minimum absolute atomic E-state index is 0.0156. The number of carbonyl (C=O) groups excluding carboxylic acids is 2. The normalized spacial score (nSPS) is 17.2. The van der Waals surface area contributed by atoms with Crippen molar-refractivity contribution in [3.63, 3.8) is 0 Å². The van der Waals surface area contributed by atoms with Gasteiger partial charge in [0.2, 0.25) is 11.8 Å². The molecule has 0 aromatic heterocycles. The first-order valence-corrected chi connectivity index (χ1v) is 8.33. The molecule has 2 aromatic carbocycles. The molecule has 24 heavy (non-hydrogen) atoms. The van der Waals surface area contributed by atoms with E-state index < -0.39 is 6.04 Å². The van der Waals surface area contributed by atoms with E-state index >= 15 is 0 Å². The van der Waals surface area contributed by atoms with Crippen LogP contribution in [-0.2, 0) is 16.1 Å². The fourth-order valence-electron chi connectivity index (χ4n) is 2.94. The lowest BCUT2D eigenvalue weighted by molar-refractivity contribution is -0.133. The van der Waals surface area contributed by atoms with Crippen molar-refractivity contribution in [2.24, 2.45) is 0 Å². The Kier molecular flexibility index (Phi) is 4.86. The molecule has 1 aliphatic rings. The number of hydrogen-bond acceptors (Lipinski definition) is 2. The molecule has 0 spiro atoms. The number of nitrogens with one attached hydrogen (secondary N) is 1. The van der Waals surface area contributed by atoms with Crippen molar-refractivity contribution < 1.29 is 9.59 Å². The van der Waals surface area contributed by atoms with Crippen LogP contribution in [0.15, 0.2) is 48.5 Å². The molecule has 124 valence electrons. The van der Waals surface area contributed by atoms with E-state index in [1.807, 2.05) is 43.3 Å². The first-order chi connectivity index (χ1) is 11.6. The number of carbonyl (C=O) groups is 2. The second kappa shape index (κ2) is 7.05. The molecule has 0 saturated carbocycles. The third-order valence-corrected chi connectivity index (χ3v) is 4.76. The van der Waals surface area contributed by atoms with Crippen molar-refractivity contribution in [1.29, 1.82) is 0 Å². The number of nitrogens with zero attached hydrogens (tertiary/aromatic N) is 1. The highest BCUT2D eigenvalue weighted by Crippen LogP contribution is 2.26. The zero-order valence-electron chi connectivity index (χ0n) is 13.5. The van der Waals surface area contributed by atoms with E-state index in [9.17, 15) is 9.59 Å². The van der Waals surface area contributed by atoms with Gasteiger partial charge in [-0.2, -0.15) is 0 Å². The van der Waals surface area contributed by atoms with Gasteiger partial charge in [0, 0.05) is 23.7 Å². The number of benzene rings is 2. The Morgan fingerprint density at radius 1 is 1.21 bits per heavy atom. The summed E-state index contributed by atoms with van der Waals surface area (Å²) in [4.78, 5) is 26.5. The molecule has 2 amide bonds. The Balaban J connectivity index is 1.75. The van der Waals surface area contributed by atoms with Crippen LogP contribution in [0.2, 0.25) is 5.02 Å². The van der Waals surface area contributed by atoms with Gasteiger partial charge in [-0.15, -0.1) is 0 Å². The van der Waals surface area contributed by atoms with Crippen molar-refractivity contribution in [2.75, 3.05) is 5.32 Å². The fraction of sp³-hybridized carbons (Fsp3) is 0.263. The van der Waals surface area contributed by atoms with E-state index in [1.54, 1.807) is 17.0 Å². The van der Waals surface area contributed by atoms with Gasteiger partial charge in [0.15, 0.2) is 0 Å². The number of hydrogen-bond donors (Lipinski definition) is 1. The van der Waals surface area contributed by atoms with Gasteiger partial charge >= 0.3 is 0 Å². The average molecular weight is 343 g/mol. The summed E-state index contributed by atoms with van der Waals surface area (Å²) in [6.07, 6.45) is 0.941. The van der Waals surface area contributed by atoms with Crippen molar-refractivity contribution in [2.45, 2.75) is 32.4 Å². The molecule has 5 heteroatoms. The van der Waals surface area contributed by atoms with Gasteiger partial charge in [-0.25, -0.2) is 0 Å². The number of anilines is 1. The van der Waals surface area contributed by atoms with Gasteiger partial charge < -0.3 is 10.2 Å². The molecular weight excluding hydrogens is 324 g/mol. The zero-order chi connectivity index (χ0) is 17.1. The second-order valence-electron chi connectivity index (χ2n) is 5.96. The number of rotatable bonds is 4. The first-order valence-electron chi connectivity index (χ1n) is 7.95. The number of halogens is 1. The van der Waals surface area contributed by atoms with Crippen LogP contribution in [0.1, 0.15) is 24.0 Å². The molecule has 0 bridgehead atoms. The highest BCUT2D eigenvalue weighted by atomic mass is 35.5. The maximum absolute atomic E-state index is 12.7.